The Morgan fingerprint density at radius 1 is 1.15 bits per heavy atom. The maximum atomic E-state index is 11.6. The zero-order valence-corrected chi connectivity index (χ0v) is 17.5. The Bertz CT molecular complexity index is 813. The summed E-state index contributed by atoms with van der Waals surface area (Å²) in [7, 11) is 1.65. The van der Waals surface area contributed by atoms with Gasteiger partial charge in [0.2, 0.25) is 0 Å². The molecule has 0 spiro atoms. The van der Waals surface area contributed by atoms with Crippen LogP contribution in [-0.2, 0) is 5.72 Å². The van der Waals surface area contributed by atoms with Gasteiger partial charge in [-0.1, -0.05) is 11.6 Å². The Labute approximate surface area is 173 Å². The molecule has 0 amide bonds. The van der Waals surface area contributed by atoms with Gasteiger partial charge < -0.3 is 26.8 Å². The quantitative estimate of drug-likeness (QED) is 0.685. The minimum absolute atomic E-state index is 0. The lowest BCUT2D eigenvalue weighted by molar-refractivity contribution is -0.656. The van der Waals surface area contributed by atoms with Crippen molar-refractivity contribution in [1.82, 2.24) is 0 Å². The summed E-state index contributed by atoms with van der Waals surface area (Å²) >= 11 is 7.83. The average Bonchev–Trinajstić information content (AvgIpc) is 2.97. The third-order valence-electron chi connectivity index (χ3n) is 4.73. The van der Waals surface area contributed by atoms with E-state index in [1.807, 2.05) is 48.5 Å². The molecule has 0 radical (unpaired) electrons. The monoisotopic (exact) mass is 454 g/mol. The van der Waals surface area contributed by atoms with E-state index >= 15 is 0 Å². The van der Waals surface area contributed by atoms with Gasteiger partial charge in [-0.05, 0) is 66.7 Å². The molecule has 138 valence electrons. The summed E-state index contributed by atoms with van der Waals surface area (Å²) in [6, 6.07) is 15.5. The van der Waals surface area contributed by atoms with Crippen molar-refractivity contribution in [2.75, 3.05) is 30.9 Å². The number of amidine groups is 1. The molecule has 2 aliphatic rings. The molecule has 0 saturated heterocycles. The molecule has 1 unspecified atom stereocenters. The first-order valence-electron chi connectivity index (χ1n) is 8.29. The number of benzene rings is 2. The van der Waals surface area contributed by atoms with Gasteiger partial charge in [0.1, 0.15) is 11.4 Å². The molecule has 26 heavy (non-hydrogen) atoms. The first-order valence-corrected chi connectivity index (χ1v) is 9.65. The van der Waals surface area contributed by atoms with E-state index in [-0.39, 0.29) is 17.0 Å². The average molecular weight is 456 g/mol. The second-order valence-corrected chi connectivity index (χ2v) is 7.74. The number of halogens is 2. The van der Waals surface area contributed by atoms with Crippen molar-refractivity contribution in [3.8, 4) is 5.75 Å². The van der Waals surface area contributed by atoms with Crippen molar-refractivity contribution >= 4 is 34.2 Å². The molecule has 0 bridgehead atoms. The second-order valence-electron chi connectivity index (χ2n) is 6.24. The fourth-order valence-electron chi connectivity index (χ4n) is 3.43. The van der Waals surface area contributed by atoms with Gasteiger partial charge in [0.05, 0.1) is 13.7 Å². The van der Waals surface area contributed by atoms with E-state index in [4.69, 9.17) is 16.3 Å². The number of thioether (sulfide) groups is 1. The molecule has 4 nitrogen and oxygen atoms in total. The van der Waals surface area contributed by atoms with Crippen molar-refractivity contribution < 1.29 is 31.4 Å². The van der Waals surface area contributed by atoms with E-state index in [9.17, 15) is 5.11 Å². The maximum Gasteiger partial charge on any atom is 0.316 e. The van der Waals surface area contributed by atoms with Gasteiger partial charge in [0, 0.05) is 16.3 Å². The molecule has 7 heteroatoms. The zero-order valence-electron chi connectivity index (χ0n) is 14.4. The van der Waals surface area contributed by atoms with E-state index in [1.54, 1.807) is 18.9 Å². The number of methoxy groups -OCH3 is 1. The van der Waals surface area contributed by atoms with Crippen molar-refractivity contribution in [1.29, 1.82) is 0 Å². The molecule has 0 aromatic heterocycles. The lowest BCUT2D eigenvalue weighted by Crippen LogP contribution is -3.00. The van der Waals surface area contributed by atoms with E-state index in [1.165, 1.54) is 0 Å². The van der Waals surface area contributed by atoms with Crippen LogP contribution in [0.3, 0.4) is 0 Å². The van der Waals surface area contributed by atoms with Crippen LogP contribution >= 0.6 is 23.4 Å². The molecule has 0 saturated carbocycles. The molecule has 2 aliphatic heterocycles. The maximum absolute atomic E-state index is 11.6. The second kappa shape index (κ2) is 7.80. The highest BCUT2D eigenvalue weighted by atomic mass is 79.9. The Balaban J connectivity index is 0.00000196. The first kappa shape index (κ1) is 19.5. The summed E-state index contributed by atoms with van der Waals surface area (Å²) in [4.78, 5) is 2.18. The number of rotatable bonds is 3. The number of β-amino-alcohol motifs (C(OH)–C–C–N with tert-alkyl or cyclic N) is 1. The third-order valence-corrected chi connectivity index (χ3v) is 6.18. The molecule has 0 fully saturated rings. The van der Waals surface area contributed by atoms with Gasteiger partial charge in [-0.25, -0.2) is 9.48 Å². The van der Waals surface area contributed by atoms with Gasteiger partial charge in [0.15, 0.2) is 6.54 Å². The minimum Gasteiger partial charge on any atom is -1.00 e. The number of anilines is 1. The standard InChI is InChI=1S/C19H20ClN2O2S.BrH/c1-24-17-9-3-14(4-10-17)19(23)13-21(16-7-5-15(20)6-8-16)18-22(19)11-2-12-25-18;/h3-10,23H,2,11-13H2,1H3;1H/q+1;/p-1. The van der Waals surface area contributed by atoms with E-state index < -0.39 is 5.72 Å². The molecule has 0 aliphatic carbocycles. The van der Waals surface area contributed by atoms with E-state index in [2.05, 4.69) is 9.48 Å². The lowest BCUT2D eigenvalue weighted by Gasteiger charge is -2.24. The third kappa shape index (κ3) is 3.36. The Kier molecular flexibility index (Phi) is 5.87. The molecular weight excluding hydrogens is 436 g/mol. The summed E-state index contributed by atoms with van der Waals surface area (Å²) in [5, 5.41) is 13.4. The van der Waals surface area contributed by atoms with Gasteiger partial charge in [-0.3, -0.25) is 0 Å². The van der Waals surface area contributed by atoms with E-state index in [0.717, 1.165) is 40.9 Å². The smallest absolute Gasteiger partial charge is 0.316 e. The molecule has 2 aromatic rings. The molecule has 1 N–H and O–H groups in total. The Morgan fingerprint density at radius 2 is 1.85 bits per heavy atom. The number of hydrogen-bond acceptors (Lipinski definition) is 4. The van der Waals surface area contributed by atoms with Crippen LogP contribution in [0.2, 0.25) is 5.02 Å². The summed E-state index contributed by atoms with van der Waals surface area (Å²) in [5.41, 5.74) is 0.877. The van der Waals surface area contributed by atoms with Crippen molar-refractivity contribution in [3.63, 3.8) is 0 Å². The summed E-state index contributed by atoms with van der Waals surface area (Å²) in [6.07, 6.45) is 1.06. The molecular formula is C19H20BrClN2O2S. The van der Waals surface area contributed by atoms with Crippen LogP contribution in [0.5, 0.6) is 5.75 Å². The highest BCUT2D eigenvalue weighted by molar-refractivity contribution is 8.13. The number of nitrogens with zero attached hydrogens (tertiary/aromatic N) is 2. The van der Waals surface area contributed by atoms with Gasteiger partial charge in [0.25, 0.3) is 5.72 Å². The summed E-state index contributed by atoms with van der Waals surface area (Å²) in [5.74, 6) is 1.85. The molecule has 1 atom stereocenters. The molecule has 4 rings (SSSR count). The fourth-order valence-corrected chi connectivity index (χ4v) is 4.73. The van der Waals surface area contributed by atoms with Crippen molar-refractivity contribution in [2.45, 2.75) is 12.1 Å². The number of aliphatic hydroxyl groups is 1. The van der Waals surface area contributed by atoms with E-state index in [0.29, 0.717) is 11.6 Å². The predicted molar refractivity (Wildman–Crippen MR) is 103 cm³/mol. The topological polar surface area (TPSA) is 35.7 Å². The highest BCUT2D eigenvalue weighted by Gasteiger charge is 2.53. The van der Waals surface area contributed by atoms with Crippen molar-refractivity contribution in [3.05, 3.63) is 59.1 Å². The Hall–Kier alpha value is -1.21. The normalized spacial score (nSPS) is 22.0. The van der Waals surface area contributed by atoms with Gasteiger partial charge >= 0.3 is 5.17 Å². The van der Waals surface area contributed by atoms with Crippen LogP contribution in [0, 0.1) is 0 Å². The summed E-state index contributed by atoms with van der Waals surface area (Å²) in [6.45, 7) is 1.33. The van der Waals surface area contributed by atoms with Crippen LogP contribution in [0.1, 0.15) is 12.0 Å². The predicted octanol–water partition coefficient (Wildman–Crippen LogP) is 0.523. The van der Waals surface area contributed by atoms with Crippen LogP contribution < -0.4 is 26.6 Å². The largest absolute Gasteiger partial charge is 1.00 e. The SMILES string of the molecule is COc1ccc(C2(O)CN(c3ccc(Cl)cc3)C3=[N+]2CCCS3)cc1.[Br-]. The van der Waals surface area contributed by atoms with Gasteiger partial charge in [-0.15, -0.1) is 0 Å². The highest BCUT2D eigenvalue weighted by Crippen LogP contribution is 2.38. The lowest BCUT2D eigenvalue weighted by atomic mass is 10.0. The van der Waals surface area contributed by atoms with Crippen LogP contribution in [0.15, 0.2) is 48.5 Å². The molecule has 2 heterocycles. The first-order chi connectivity index (χ1) is 12.1. The van der Waals surface area contributed by atoms with Crippen LogP contribution in [0.4, 0.5) is 5.69 Å². The van der Waals surface area contributed by atoms with Gasteiger partial charge in [-0.2, -0.15) is 0 Å². The van der Waals surface area contributed by atoms with Crippen LogP contribution in [-0.4, -0.2) is 40.8 Å². The van der Waals surface area contributed by atoms with Crippen molar-refractivity contribution in [2.24, 2.45) is 0 Å². The summed E-state index contributed by atoms with van der Waals surface area (Å²) < 4.78 is 7.37. The zero-order chi connectivity index (χ0) is 17.4. The Morgan fingerprint density at radius 3 is 2.50 bits per heavy atom. The minimum atomic E-state index is -1.05. The number of hydrogen-bond donors (Lipinski definition) is 1. The number of ether oxygens (including phenoxy) is 1. The molecule has 2 aromatic carbocycles. The fraction of sp³-hybridized carbons (Fsp3) is 0.316. The van der Waals surface area contributed by atoms with Crippen LogP contribution in [0.25, 0.3) is 0 Å².